The molecule has 0 saturated carbocycles. The van der Waals surface area contributed by atoms with Crippen molar-refractivity contribution in [1.29, 1.82) is 0 Å². The van der Waals surface area contributed by atoms with Crippen LogP contribution in [0.1, 0.15) is 10.5 Å². The highest BCUT2D eigenvalue weighted by Gasteiger charge is 2.15. The molecule has 0 aliphatic carbocycles. The van der Waals surface area contributed by atoms with Crippen LogP contribution in [0.25, 0.3) is 11.3 Å². The quantitative estimate of drug-likeness (QED) is 0.590. The second kappa shape index (κ2) is 3.78. The molecule has 0 fully saturated rings. The zero-order chi connectivity index (χ0) is 12.6. The Morgan fingerprint density at radius 1 is 1.24 bits per heavy atom. The fourth-order valence-electron chi connectivity index (χ4n) is 1.33. The largest absolute Gasteiger partial charge is 0.507 e. The van der Waals surface area contributed by atoms with Gasteiger partial charge in [-0.2, -0.15) is 5.10 Å². The molecule has 0 saturated heterocycles. The SMILES string of the molecule is O=C(O)c1cc(-c2cc(O)c(F)cc2O)n[nH]1. The van der Waals surface area contributed by atoms with Gasteiger partial charge in [0.05, 0.1) is 5.69 Å². The molecule has 17 heavy (non-hydrogen) atoms. The molecule has 7 heteroatoms. The summed E-state index contributed by atoms with van der Waals surface area (Å²) in [6.07, 6.45) is 0. The minimum Gasteiger partial charge on any atom is -0.507 e. The number of aromatic nitrogens is 2. The Hall–Kier alpha value is -2.57. The van der Waals surface area contributed by atoms with Gasteiger partial charge in [0.25, 0.3) is 0 Å². The first-order valence-electron chi connectivity index (χ1n) is 4.49. The number of carboxylic acid groups (broad SMARTS) is 1. The van der Waals surface area contributed by atoms with Crippen LogP contribution in [0.4, 0.5) is 4.39 Å². The van der Waals surface area contributed by atoms with Gasteiger partial charge in [0.2, 0.25) is 0 Å². The summed E-state index contributed by atoms with van der Waals surface area (Å²) < 4.78 is 12.9. The van der Waals surface area contributed by atoms with E-state index in [0.717, 1.165) is 18.2 Å². The number of rotatable bonds is 2. The molecule has 1 heterocycles. The van der Waals surface area contributed by atoms with Crippen molar-refractivity contribution in [3.63, 3.8) is 0 Å². The summed E-state index contributed by atoms with van der Waals surface area (Å²) in [5, 5.41) is 33.2. The third-order valence-corrected chi connectivity index (χ3v) is 2.15. The third kappa shape index (κ3) is 1.89. The highest BCUT2D eigenvalue weighted by molar-refractivity contribution is 5.87. The maximum Gasteiger partial charge on any atom is 0.353 e. The summed E-state index contributed by atoms with van der Waals surface area (Å²) in [6, 6.07) is 2.85. The van der Waals surface area contributed by atoms with E-state index in [9.17, 15) is 14.3 Å². The molecule has 2 rings (SSSR count). The first kappa shape index (κ1) is 10.9. The Morgan fingerprint density at radius 3 is 2.53 bits per heavy atom. The van der Waals surface area contributed by atoms with Crippen LogP contribution in [0.15, 0.2) is 18.2 Å². The number of carboxylic acids is 1. The molecule has 1 aromatic carbocycles. The van der Waals surface area contributed by atoms with Gasteiger partial charge in [0, 0.05) is 11.6 Å². The summed E-state index contributed by atoms with van der Waals surface area (Å²) >= 11 is 0. The third-order valence-electron chi connectivity index (χ3n) is 2.15. The van der Waals surface area contributed by atoms with Crippen molar-refractivity contribution < 1.29 is 24.5 Å². The zero-order valence-corrected chi connectivity index (χ0v) is 8.31. The number of carbonyl (C=O) groups is 1. The van der Waals surface area contributed by atoms with Crippen molar-refractivity contribution in [2.24, 2.45) is 0 Å². The maximum atomic E-state index is 12.9. The number of aromatic carboxylic acids is 1. The van der Waals surface area contributed by atoms with Gasteiger partial charge in [-0.05, 0) is 12.1 Å². The second-order valence-electron chi connectivity index (χ2n) is 3.29. The van der Waals surface area contributed by atoms with E-state index in [-0.39, 0.29) is 17.0 Å². The summed E-state index contributed by atoms with van der Waals surface area (Å²) in [6.45, 7) is 0. The van der Waals surface area contributed by atoms with E-state index in [1.165, 1.54) is 0 Å². The first-order valence-corrected chi connectivity index (χ1v) is 4.49. The highest BCUT2D eigenvalue weighted by Crippen LogP contribution is 2.33. The number of H-pyrrole nitrogens is 1. The number of aromatic hydroxyl groups is 2. The molecule has 1 aromatic heterocycles. The number of hydrogen-bond donors (Lipinski definition) is 4. The lowest BCUT2D eigenvalue weighted by Gasteiger charge is -2.02. The Bertz CT molecular complexity index is 594. The highest BCUT2D eigenvalue weighted by atomic mass is 19.1. The molecule has 6 nitrogen and oxygen atoms in total. The van der Waals surface area contributed by atoms with Gasteiger partial charge in [0.15, 0.2) is 11.6 Å². The Morgan fingerprint density at radius 2 is 1.94 bits per heavy atom. The lowest BCUT2D eigenvalue weighted by atomic mass is 10.1. The van der Waals surface area contributed by atoms with Crippen molar-refractivity contribution in [3.8, 4) is 22.8 Å². The number of nitrogens with zero attached hydrogens (tertiary/aromatic N) is 1. The fourth-order valence-corrected chi connectivity index (χ4v) is 1.33. The number of phenolic OH excluding ortho intramolecular Hbond substituents is 2. The molecule has 0 atom stereocenters. The van der Waals surface area contributed by atoms with E-state index in [2.05, 4.69) is 10.2 Å². The molecule has 4 N–H and O–H groups in total. The van der Waals surface area contributed by atoms with Crippen LogP contribution in [0.5, 0.6) is 11.5 Å². The van der Waals surface area contributed by atoms with E-state index in [0.29, 0.717) is 0 Å². The van der Waals surface area contributed by atoms with E-state index in [4.69, 9.17) is 10.2 Å². The number of phenols is 2. The zero-order valence-electron chi connectivity index (χ0n) is 8.31. The van der Waals surface area contributed by atoms with E-state index >= 15 is 0 Å². The molecule has 2 aromatic rings. The maximum absolute atomic E-state index is 12.9. The lowest BCUT2D eigenvalue weighted by Crippen LogP contribution is -1.95. The molecule has 0 amide bonds. The lowest BCUT2D eigenvalue weighted by molar-refractivity contribution is 0.0690. The van der Waals surface area contributed by atoms with Crippen molar-refractivity contribution in [2.75, 3.05) is 0 Å². The second-order valence-corrected chi connectivity index (χ2v) is 3.29. The fraction of sp³-hybridized carbons (Fsp3) is 0. The number of benzene rings is 1. The average molecular weight is 238 g/mol. The van der Waals surface area contributed by atoms with Crippen molar-refractivity contribution in [1.82, 2.24) is 10.2 Å². The molecule has 0 aliphatic rings. The van der Waals surface area contributed by atoms with Gasteiger partial charge in [-0.15, -0.1) is 0 Å². The molecular formula is C10H7FN2O4. The van der Waals surface area contributed by atoms with Crippen molar-refractivity contribution in [3.05, 3.63) is 29.7 Å². The number of aromatic amines is 1. The molecule has 88 valence electrons. The number of nitrogens with one attached hydrogen (secondary N) is 1. The smallest absolute Gasteiger partial charge is 0.353 e. The van der Waals surface area contributed by atoms with Gasteiger partial charge in [-0.3, -0.25) is 5.10 Å². The van der Waals surface area contributed by atoms with Crippen molar-refractivity contribution >= 4 is 5.97 Å². The molecule has 0 aliphatic heterocycles. The van der Waals surface area contributed by atoms with E-state index in [1.54, 1.807) is 0 Å². The number of hydrogen-bond acceptors (Lipinski definition) is 4. The summed E-state index contributed by atoms with van der Waals surface area (Å²) in [4.78, 5) is 10.6. The summed E-state index contributed by atoms with van der Waals surface area (Å²) in [5.41, 5.74) is -0.0499. The van der Waals surface area contributed by atoms with Gasteiger partial charge >= 0.3 is 5.97 Å². The molecule has 0 unspecified atom stereocenters. The minimum atomic E-state index is -1.21. The standard InChI is InChI=1S/C10H7FN2O4/c11-5-2-8(14)4(1-9(5)15)6-3-7(10(16)17)13-12-6/h1-3,14-15H,(H,12,13)(H,16,17). The van der Waals surface area contributed by atoms with Crippen LogP contribution in [-0.2, 0) is 0 Å². The molecule has 0 radical (unpaired) electrons. The first-order chi connectivity index (χ1) is 7.99. The molecule has 0 bridgehead atoms. The number of halogens is 1. The monoisotopic (exact) mass is 238 g/mol. The van der Waals surface area contributed by atoms with Gasteiger partial charge in [-0.1, -0.05) is 0 Å². The van der Waals surface area contributed by atoms with Gasteiger partial charge in [-0.25, -0.2) is 9.18 Å². The van der Waals surface area contributed by atoms with Crippen LogP contribution in [0.3, 0.4) is 0 Å². The average Bonchev–Trinajstić information content (AvgIpc) is 2.72. The minimum absolute atomic E-state index is 0.0349. The Labute approximate surface area is 94.0 Å². The van der Waals surface area contributed by atoms with Crippen LogP contribution in [-0.4, -0.2) is 31.5 Å². The predicted octanol–water partition coefficient (Wildman–Crippen LogP) is 1.33. The van der Waals surface area contributed by atoms with Crippen LogP contribution >= 0.6 is 0 Å². The Balaban J connectivity index is 2.52. The van der Waals surface area contributed by atoms with Crippen LogP contribution in [0.2, 0.25) is 0 Å². The van der Waals surface area contributed by atoms with Crippen LogP contribution in [0, 0.1) is 5.82 Å². The summed E-state index contributed by atoms with van der Waals surface area (Å²) in [5.74, 6) is -3.28. The molecule has 0 spiro atoms. The van der Waals surface area contributed by atoms with E-state index in [1.807, 2.05) is 0 Å². The normalized spacial score (nSPS) is 10.4. The molecular weight excluding hydrogens is 231 g/mol. The van der Waals surface area contributed by atoms with E-state index < -0.39 is 23.3 Å². The summed E-state index contributed by atoms with van der Waals surface area (Å²) in [7, 11) is 0. The topological polar surface area (TPSA) is 106 Å². The van der Waals surface area contributed by atoms with Crippen molar-refractivity contribution in [2.45, 2.75) is 0 Å². The van der Waals surface area contributed by atoms with Crippen LogP contribution < -0.4 is 0 Å². The van der Waals surface area contributed by atoms with Gasteiger partial charge in [0.1, 0.15) is 11.4 Å². The predicted molar refractivity (Wildman–Crippen MR) is 54.3 cm³/mol. The van der Waals surface area contributed by atoms with Gasteiger partial charge < -0.3 is 15.3 Å². The Kier molecular flexibility index (Phi) is 2.43.